The molecule has 0 atom stereocenters. The van der Waals surface area contributed by atoms with Gasteiger partial charge in [0.25, 0.3) is 0 Å². The summed E-state index contributed by atoms with van der Waals surface area (Å²) in [6.45, 7) is 0. The predicted molar refractivity (Wildman–Crippen MR) is 61.9 cm³/mol. The van der Waals surface area contributed by atoms with E-state index in [4.69, 9.17) is 3.85 Å². The van der Waals surface area contributed by atoms with Gasteiger partial charge in [0.15, 0.2) is 5.43 Å². The van der Waals surface area contributed by atoms with E-state index in [0.717, 1.165) is 11.6 Å². The molecular formula is C12H6O3S. The second-order valence-corrected chi connectivity index (χ2v) is 4.20. The van der Waals surface area contributed by atoms with E-state index in [2.05, 4.69) is 0 Å². The lowest BCUT2D eigenvalue weighted by atomic mass is 10.1. The summed E-state index contributed by atoms with van der Waals surface area (Å²) in [6.07, 6.45) is 1.42. The summed E-state index contributed by atoms with van der Waals surface area (Å²) in [5.74, 6) is 0. The van der Waals surface area contributed by atoms with E-state index < -0.39 is 0 Å². The zero-order valence-corrected chi connectivity index (χ0v) is 8.91. The van der Waals surface area contributed by atoms with Gasteiger partial charge in [0.1, 0.15) is 10.8 Å². The molecule has 0 spiro atoms. The highest BCUT2D eigenvalue weighted by Gasteiger charge is 2.07. The Bertz CT molecular complexity index is 773. The van der Waals surface area contributed by atoms with Gasteiger partial charge in [-0.15, -0.1) is 0 Å². The van der Waals surface area contributed by atoms with E-state index >= 15 is 0 Å². The fourth-order valence-corrected chi connectivity index (χ4v) is 2.42. The normalized spacial score (nSPS) is 11.0. The zero-order chi connectivity index (χ0) is 11.1. The Balaban J connectivity index is 2.88. The molecule has 78 valence electrons. The summed E-state index contributed by atoms with van der Waals surface area (Å²) < 4.78 is 5.36. The molecule has 1 aromatic carbocycles. The molecule has 0 N–H and O–H groups in total. The van der Waals surface area contributed by atoms with Gasteiger partial charge in [0, 0.05) is 27.6 Å². The zero-order valence-electron chi connectivity index (χ0n) is 8.10. The summed E-state index contributed by atoms with van der Waals surface area (Å²) in [5.41, 5.74) is -0.253. The Morgan fingerprint density at radius 2 is 1.62 bits per heavy atom. The van der Waals surface area contributed by atoms with Crippen LogP contribution in [0.25, 0.3) is 10.8 Å². The molecule has 0 saturated carbocycles. The smallest absolute Gasteiger partial charge is 0.207 e. The first-order valence-corrected chi connectivity index (χ1v) is 5.46. The van der Waals surface area contributed by atoms with Crippen LogP contribution in [0.5, 0.6) is 0 Å². The maximum atomic E-state index is 12.1. The lowest BCUT2D eigenvalue weighted by molar-refractivity contribution is 0.680. The van der Waals surface area contributed by atoms with Crippen molar-refractivity contribution < 1.29 is 3.85 Å². The predicted octanol–water partition coefficient (Wildman–Crippen LogP) is 1.94. The third-order valence-electron chi connectivity index (χ3n) is 2.53. The van der Waals surface area contributed by atoms with Crippen LogP contribution >= 0.6 is 11.6 Å². The van der Waals surface area contributed by atoms with Gasteiger partial charge in [-0.2, -0.15) is 0 Å². The average molecular weight is 230 g/mol. The van der Waals surface area contributed by atoms with E-state index in [-0.39, 0.29) is 10.9 Å². The van der Waals surface area contributed by atoms with E-state index in [1.54, 1.807) is 30.3 Å². The molecule has 0 fully saturated rings. The Kier molecular flexibility index (Phi) is 1.91. The number of fused-ring (bicyclic) bond motifs is 1. The minimum Gasteiger partial charge on any atom is -0.409 e. The van der Waals surface area contributed by atoms with Crippen molar-refractivity contribution in [2.24, 2.45) is 0 Å². The molecule has 4 heteroatoms. The second kappa shape index (κ2) is 3.28. The van der Waals surface area contributed by atoms with E-state index in [1.165, 1.54) is 6.26 Å². The van der Waals surface area contributed by atoms with Gasteiger partial charge >= 0.3 is 0 Å². The maximum Gasteiger partial charge on any atom is 0.207 e. The molecule has 0 aromatic heterocycles. The van der Waals surface area contributed by atoms with Crippen LogP contribution in [0.15, 0.2) is 50.0 Å². The van der Waals surface area contributed by atoms with Crippen molar-refractivity contribution in [2.75, 3.05) is 0 Å². The largest absolute Gasteiger partial charge is 0.409 e. The topological polar surface area (TPSA) is 47.3 Å². The molecule has 3 rings (SSSR count). The molecular weight excluding hydrogens is 224 g/mol. The molecule has 1 aromatic rings. The highest BCUT2D eigenvalue weighted by molar-refractivity contribution is 7.00. The lowest BCUT2D eigenvalue weighted by Gasteiger charge is -1.95. The van der Waals surface area contributed by atoms with Crippen LogP contribution in [0.3, 0.4) is 0 Å². The van der Waals surface area contributed by atoms with Crippen LogP contribution in [0.2, 0.25) is 0 Å². The van der Waals surface area contributed by atoms with Gasteiger partial charge in [0.2, 0.25) is 5.43 Å². The average Bonchev–Trinajstić information content (AvgIpc) is 2.36. The molecule has 2 aliphatic rings. The fourth-order valence-electron chi connectivity index (χ4n) is 1.78. The van der Waals surface area contributed by atoms with Gasteiger partial charge in [-0.25, -0.2) is 0 Å². The van der Waals surface area contributed by atoms with Crippen LogP contribution in [-0.4, -0.2) is 0 Å². The third-order valence-corrected chi connectivity index (χ3v) is 3.31. The van der Waals surface area contributed by atoms with Crippen molar-refractivity contribution in [3.8, 4) is 0 Å². The van der Waals surface area contributed by atoms with Gasteiger partial charge in [-0.05, 0) is 6.07 Å². The van der Waals surface area contributed by atoms with Crippen molar-refractivity contribution in [1.29, 1.82) is 0 Å². The number of hydrogen-bond acceptors (Lipinski definition) is 4. The molecule has 1 aliphatic carbocycles. The summed E-state index contributed by atoms with van der Waals surface area (Å²) in [7, 11) is 0. The quantitative estimate of drug-likeness (QED) is 0.593. The van der Waals surface area contributed by atoms with Gasteiger partial charge in [-0.1, -0.05) is 24.3 Å². The summed E-state index contributed by atoms with van der Waals surface area (Å²) in [4.78, 5) is 24.1. The molecule has 0 amide bonds. The second-order valence-electron chi connectivity index (χ2n) is 3.43. The molecule has 16 heavy (non-hydrogen) atoms. The molecule has 3 nitrogen and oxygen atoms in total. The van der Waals surface area contributed by atoms with Crippen molar-refractivity contribution in [3.05, 3.63) is 66.8 Å². The molecule has 0 radical (unpaired) electrons. The van der Waals surface area contributed by atoms with E-state index in [0.29, 0.717) is 20.5 Å². The molecule has 0 saturated heterocycles. The van der Waals surface area contributed by atoms with Gasteiger partial charge in [0.05, 0.1) is 0 Å². The van der Waals surface area contributed by atoms with Gasteiger partial charge < -0.3 is 3.85 Å². The Morgan fingerprint density at radius 3 is 2.38 bits per heavy atom. The molecule has 1 aliphatic heterocycles. The van der Waals surface area contributed by atoms with Gasteiger partial charge in [-0.3, -0.25) is 9.59 Å². The summed E-state index contributed by atoms with van der Waals surface area (Å²) in [5, 5.41) is 1.36. The molecule has 0 unspecified atom stereocenters. The fraction of sp³-hybridized carbons (Fsp3) is 0. The van der Waals surface area contributed by atoms with Crippen LogP contribution in [0, 0.1) is 9.75 Å². The first kappa shape index (κ1) is 9.30. The Morgan fingerprint density at radius 1 is 0.938 bits per heavy atom. The van der Waals surface area contributed by atoms with Crippen molar-refractivity contribution in [1.82, 2.24) is 0 Å². The standard InChI is InChI=1S/C12H6O3S/c13-10-7-3-1-2-4-8(7)11(14)12-9(10)5-6-15-16-12/h1-6H. The minimum absolute atomic E-state index is 0.114. The minimum atomic E-state index is -0.139. The lowest BCUT2D eigenvalue weighted by Crippen LogP contribution is -2.13. The monoisotopic (exact) mass is 230 g/mol. The Labute approximate surface area is 93.5 Å². The summed E-state index contributed by atoms with van der Waals surface area (Å²) in [6, 6.07) is 8.39. The van der Waals surface area contributed by atoms with Crippen LogP contribution in [-0.2, 0) is 0 Å². The number of hydrogen-bond donors (Lipinski definition) is 0. The first-order valence-electron chi connectivity index (χ1n) is 4.71. The first-order chi connectivity index (χ1) is 7.79. The number of benzene rings is 1. The third kappa shape index (κ3) is 1.13. The van der Waals surface area contributed by atoms with Crippen molar-refractivity contribution >= 4 is 22.4 Å². The van der Waals surface area contributed by atoms with E-state index in [1.807, 2.05) is 0 Å². The SMILES string of the molecule is O=c1c2ccosc=2c(=O)c2ccccc12. The molecule has 0 bridgehead atoms. The van der Waals surface area contributed by atoms with E-state index in [9.17, 15) is 9.59 Å². The van der Waals surface area contributed by atoms with Crippen molar-refractivity contribution in [2.45, 2.75) is 0 Å². The summed E-state index contributed by atoms with van der Waals surface area (Å²) >= 11 is 0.945. The highest BCUT2D eigenvalue weighted by Crippen LogP contribution is 2.07. The van der Waals surface area contributed by atoms with Crippen molar-refractivity contribution in [3.63, 3.8) is 0 Å². The Hall–Kier alpha value is -1.94. The van der Waals surface area contributed by atoms with Crippen LogP contribution in [0.4, 0.5) is 0 Å². The number of rotatable bonds is 0. The maximum absolute atomic E-state index is 12.1. The van der Waals surface area contributed by atoms with Crippen LogP contribution < -0.4 is 10.9 Å². The van der Waals surface area contributed by atoms with Crippen LogP contribution in [0.1, 0.15) is 0 Å². The highest BCUT2D eigenvalue weighted by atomic mass is 32.1. The molecule has 1 heterocycles.